The molecule has 0 amide bonds. The zero-order valence-corrected chi connectivity index (χ0v) is 11.3. The lowest BCUT2D eigenvalue weighted by Gasteiger charge is -2.13. The number of benzene rings is 2. The Kier molecular flexibility index (Phi) is 3.46. The molecule has 0 aliphatic heterocycles. The van der Waals surface area contributed by atoms with Crippen molar-refractivity contribution in [3.05, 3.63) is 78.5 Å². The molecule has 3 aromatic rings. The van der Waals surface area contributed by atoms with Gasteiger partial charge in [0.1, 0.15) is 5.75 Å². The molecule has 3 rings (SSSR count). The Morgan fingerprint density at radius 2 is 1.60 bits per heavy atom. The summed E-state index contributed by atoms with van der Waals surface area (Å²) in [7, 11) is 0. The van der Waals surface area contributed by atoms with Crippen LogP contribution in [0.15, 0.2) is 72.9 Å². The maximum absolute atomic E-state index is 5.98. The fourth-order valence-corrected chi connectivity index (χ4v) is 2.15. The standard InChI is InChI=1S/C18H15NO/c1-14-8-7-11-16(15-9-3-2-4-10-15)18(14)20-17-12-5-6-13-19-17/h2-13H,1H3. The van der Waals surface area contributed by atoms with Crippen LogP contribution in [0.1, 0.15) is 5.56 Å². The van der Waals surface area contributed by atoms with Gasteiger partial charge < -0.3 is 4.74 Å². The SMILES string of the molecule is Cc1cccc(-c2ccccc2)c1Oc1ccccn1. The van der Waals surface area contributed by atoms with Crippen LogP contribution < -0.4 is 4.74 Å². The van der Waals surface area contributed by atoms with Crippen LogP contribution in [0.25, 0.3) is 11.1 Å². The topological polar surface area (TPSA) is 22.1 Å². The molecule has 0 atom stereocenters. The van der Waals surface area contributed by atoms with E-state index < -0.39 is 0 Å². The van der Waals surface area contributed by atoms with Crippen molar-refractivity contribution in [2.24, 2.45) is 0 Å². The Hall–Kier alpha value is -2.61. The zero-order chi connectivity index (χ0) is 13.8. The van der Waals surface area contributed by atoms with Crippen molar-refractivity contribution >= 4 is 0 Å². The minimum Gasteiger partial charge on any atom is -0.438 e. The smallest absolute Gasteiger partial charge is 0.219 e. The van der Waals surface area contributed by atoms with Crippen LogP contribution in [0.4, 0.5) is 0 Å². The number of ether oxygens (including phenoxy) is 1. The van der Waals surface area contributed by atoms with Crippen molar-refractivity contribution in [1.29, 1.82) is 0 Å². The van der Waals surface area contributed by atoms with Crippen molar-refractivity contribution in [2.45, 2.75) is 6.92 Å². The molecule has 98 valence electrons. The first kappa shape index (κ1) is 12.4. The van der Waals surface area contributed by atoms with E-state index in [0.29, 0.717) is 5.88 Å². The van der Waals surface area contributed by atoms with Gasteiger partial charge in [0.15, 0.2) is 0 Å². The van der Waals surface area contributed by atoms with Crippen molar-refractivity contribution in [2.75, 3.05) is 0 Å². The lowest BCUT2D eigenvalue weighted by atomic mass is 10.0. The van der Waals surface area contributed by atoms with Crippen LogP contribution in [0, 0.1) is 6.92 Å². The first-order valence-corrected chi connectivity index (χ1v) is 6.58. The summed E-state index contributed by atoms with van der Waals surface area (Å²) >= 11 is 0. The van der Waals surface area contributed by atoms with Gasteiger partial charge >= 0.3 is 0 Å². The van der Waals surface area contributed by atoms with Gasteiger partial charge in [0, 0.05) is 17.8 Å². The number of para-hydroxylation sites is 1. The minimum absolute atomic E-state index is 0.610. The number of hydrogen-bond acceptors (Lipinski definition) is 2. The van der Waals surface area contributed by atoms with E-state index in [0.717, 1.165) is 22.4 Å². The molecule has 20 heavy (non-hydrogen) atoms. The van der Waals surface area contributed by atoms with Crippen molar-refractivity contribution in [1.82, 2.24) is 4.98 Å². The molecule has 0 spiro atoms. The van der Waals surface area contributed by atoms with Crippen LogP contribution >= 0.6 is 0 Å². The van der Waals surface area contributed by atoms with Gasteiger partial charge in [-0.2, -0.15) is 0 Å². The highest BCUT2D eigenvalue weighted by Crippen LogP contribution is 2.35. The Labute approximate surface area is 118 Å². The van der Waals surface area contributed by atoms with Gasteiger partial charge in [-0.15, -0.1) is 0 Å². The molecule has 0 radical (unpaired) electrons. The predicted molar refractivity (Wildman–Crippen MR) is 80.9 cm³/mol. The molecule has 0 saturated carbocycles. The van der Waals surface area contributed by atoms with E-state index in [4.69, 9.17) is 4.74 Å². The second-order valence-electron chi connectivity index (χ2n) is 4.59. The molecular formula is C18H15NO. The Bertz CT molecular complexity index is 693. The Balaban J connectivity index is 2.06. The third kappa shape index (κ3) is 2.54. The molecule has 0 unspecified atom stereocenters. The Morgan fingerprint density at radius 3 is 2.35 bits per heavy atom. The Morgan fingerprint density at radius 1 is 0.800 bits per heavy atom. The minimum atomic E-state index is 0.610. The van der Waals surface area contributed by atoms with Crippen molar-refractivity contribution in [3.8, 4) is 22.8 Å². The molecule has 0 fully saturated rings. The van der Waals surface area contributed by atoms with Gasteiger partial charge in [0.25, 0.3) is 0 Å². The molecule has 0 N–H and O–H groups in total. The number of pyridine rings is 1. The van der Waals surface area contributed by atoms with E-state index in [1.165, 1.54) is 0 Å². The van der Waals surface area contributed by atoms with E-state index in [-0.39, 0.29) is 0 Å². The molecule has 1 heterocycles. The third-order valence-electron chi connectivity index (χ3n) is 3.14. The summed E-state index contributed by atoms with van der Waals surface area (Å²) < 4.78 is 5.98. The first-order chi connectivity index (χ1) is 9.84. The fourth-order valence-electron chi connectivity index (χ4n) is 2.15. The summed E-state index contributed by atoms with van der Waals surface area (Å²) in [4.78, 5) is 4.23. The summed E-state index contributed by atoms with van der Waals surface area (Å²) in [6.07, 6.45) is 1.73. The molecule has 2 aromatic carbocycles. The normalized spacial score (nSPS) is 10.2. The molecule has 0 aliphatic carbocycles. The van der Waals surface area contributed by atoms with Crippen LogP contribution in [-0.2, 0) is 0 Å². The first-order valence-electron chi connectivity index (χ1n) is 6.58. The molecule has 2 nitrogen and oxygen atoms in total. The summed E-state index contributed by atoms with van der Waals surface area (Å²) in [6.45, 7) is 2.05. The van der Waals surface area contributed by atoms with Gasteiger partial charge in [-0.25, -0.2) is 4.98 Å². The highest BCUT2D eigenvalue weighted by Gasteiger charge is 2.10. The highest BCUT2D eigenvalue weighted by molar-refractivity contribution is 5.72. The van der Waals surface area contributed by atoms with Gasteiger partial charge in [-0.1, -0.05) is 54.6 Å². The number of rotatable bonds is 3. The highest BCUT2D eigenvalue weighted by atomic mass is 16.5. The summed E-state index contributed by atoms with van der Waals surface area (Å²) in [5, 5.41) is 0. The average molecular weight is 261 g/mol. The van der Waals surface area contributed by atoms with Gasteiger partial charge in [0.2, 0.25) is 5.88 Å². The van der Waals surface area contributed by atoms with E-state index in [9.17, 15) is 0 Å². The lowest BCUT2D eigenvalue weighted by molar-refractivity contribution is 0.461. The molecule has 0 saturated heterocycles. The van der Waals surface area contributed by atoms with Gasteiger partial charge in [-0.3, -0.25) is 0 Å². The summed E-state index contributed by atoms with van der Waals surface area (Å²) in [5.74, 6) is 1.47. The summed E-state index contributed by atoms with van der Waals surface area (Å²) in [6, 6.07) is 22.1. The van der Waals surface area contributed by atoms with E-state index in [1.54, 1.807) is 6.20 Å². The van der Waals surface area contributed by atoms with Crippen LogP contribution in [0.2, 0.25) is 0 Å². The number of aromatic nitrogens is 1. The maximum Gasteiger partial charge on any atom is 0.219 e. The van der Waals surface area contributed by atoms with Crippen molar-refractivity contribution < 1.29 is 4.74 Å². The van der Waals surface area contributed by atoms with Gasteiger partial charge in [-0.05, 0) is 24.1 Å². The number of nitrogens with zero attached hydrogens (tertiary/aromatic N) is 1. The molecule has 0 bridgehead atoms. The van der Waals surface area contributed by atoms with E-state index in [1.807, 2.05) is 55.5 Å². The molecule has 0 aliphatic rings. The molecular weight excluding hydrogens is 246 g/mol. The quantitative estimate of drug-likeness (QED) is 0.672. The van der Waals surface area contributed by atoms with Crippen LogP contribution in [0.3, 0.4) is 0 Å². The number of hydrogen-bond donors (Lipinski definition) is 0. The number of aryl methyl sites for hydroxylation is 1. The zero-order valence-electron chi connectivity index (χ0n) is 11.3. The molecule has 1 aromatic heterocycles. The monoisotopic (exact) mass is 261 g/mol. The van der Waals surface area contributed by atoms with Crippen LogP contribution in [0.5, 0.6) is 11.6 Å². The van der Waals surface area contributed by atoms with Crippen LogP contribution in [-0.4, -0.2) is 4.98 Å². The second kappa shape index (κ2) is 5.57. The molecule has 2 heteroatoms. The van der Waals surface area contributed by atoms with E-state index >= 15 is 0 Å². The third-order valence-corrected chi connectivity index (χ3v) is 3.14. The second-order valence-corrected chi connectivity index (χ2v) is 4.59. The van der Waals surface area contributed by atoms with Crippen molar-refractivity contribution in [3.63, 3.8) is 0 Å². The summed E-state index contributed by atoms with van der Waals surface area (Å²) in [5.41, 5.74) is 3.32. The lowest BCUT2D eigenvalue weighted by Crippen LogP contribution is -1.92. The largest absolute Gasteiger partial charge is 0.438 e. The average Bonchev–Trinajstić information content (AvgIpc) is 2.51. The fraction of sp³-hybridized carbons (Fsp3) is 0.0556. The predicted octanol–water partition coefficient (Wildman–Crippen LogP) is 4.85. The van der Waals surface area contributed by atoms with Gasteiger partial charge in [0.05, 0.1) is 0 Å². The van der Waals surface area contributed by atoms with E-state index in [2.05, 4.69) is 23.2 Å². The maximum atomic E-state index is 5.98.